The number of carbonyl (C=O) groups is 3. The maximum atomic E-state index is 15.2. The Bertz CT molecular complexity index is 1630. The van der Waals surface area contributed by atoms with E-state index in [0.29, 0.717) is 28.2 Å². The van der Waals surface area contributed by atoms with Crippen molar-refractivity contribution in [3.8, 4) is 0 Å². The molecule has 5 rings (SSSR count). The van der Waals surface area contributed by atoms with Gasteiger partial charge in [-0.15, -0.1) is 0 Å². The van der Waals surface area contributed by atoms with Crippen molar-refractivity contribution in [2.45, 2.75) is 57.7 Å². The minimum atomic E-state index is -4.59. The van der Waals surface area contributed by atoms with Crippen molar-refractivity contribution in [3.63, 3.8) is 0 Å². The van der Waals surface area contributed by atoms with Gasteiger partial charge in [0.05, 0.1) is 41.3 Å². The number of carbonyl (C=O) groups excluding carboxylic acids is 3. The van der Waals surface area contributed by atoms with Gasteiger partial charge in [0.2, 0.25) is 0 Å². The van der Waals surface area contributed by atoms with E-state index >= 15 is 4.39 Å². The largest absolute Gasteiger partial charge is 0.444 e. The third-order valence-corrected chi connectivity index (χ3v) is 8.09. The molecule has 0 N–H and O–H groups in total. The molecule has 1 aromatic heterocycles. The standard InChI is InChI=1S/C29H27ClF4N4O4S/c1-28(2,3)42-26(40)36-9-8-23(21(31)15-36)38-25(39)24(43-27(38)41)11-16-4-7-22-18(10-16)13-35-37(22)14-17-5-6-19(30)12-20(17)29(32,33)34/h4-7,10-13,21,23H,8-9,14-15H2,1-3H3/b24-11-/t21-,23-/m1/s1. The van der Waals surface area contributed by atoms with Crippen molar-refractivity contribution in [2.24, 2.45) is 0 Å². The van der Waals surface area contributed by atoms with Crippen LogP contribution < -0.4 is 0 Å². The van der Waals surface area contributed by atoms with Crippen LogP contribution in [0.1, 0.15) is 43.9 Å². The van der Waals surface area contributed by atoms with E-state index in [0.717, 1.165) is 11.0 Å². The number of halogens is 5. The number of piperidine rings is 1. The third kappa shape index (κ3) is 6.67. The number of rotatable bonds is 4. The lowest BCUT2D eigenvalue weighted by molar-refractivity contribution is -0.138. The fourth-order valence-electron chi connectivity index (χ4n) is 5.03. The first-order chi connectivity index (χ1) is 20.1. The number of amides is 3. The van der Waals surface area contributed by atoms with Gasteiger partial charge in [0.25, 0.3) is 11.1 Å². The zero-order valence-corrected chi connectivity index (χ0v) is 24.9. The van der Waals surface area contributed by atoms with Gasteiger partial charge >= 0.3 is 12.3 Å². The fraction of sp³-hybridized carbons (Fsp3) is 0.379. The second-order valence-corrected chi connectivity index (χ2v) is 12.7. The molecule has 2 aliphatic heterocycles. The van der Waals surface area contributed by atoms with Crippen LogP contribution in [0, 0.1) is 0 Å². The molecule has 3 aromatic rings. The summed E-state index contributed by atoms with van der Waals surface area (Å²) in [7, 11) is 0. The number of ether oxygens (including phenoxy) is 1. The van der Waals surface area contributed by atoms with Crippen molar-refractivity contribution >= 4 is 57.6 Å². The molecule has 43 heavy (non-hydrogen) atoms. The molecule has 2 atom stereocenters. The number of aromatic nitrogens is 2. The van der Waals surface area contributed by atoms with Crippen LogP contribution in [-0.2, 0) is 22.3 Å². The molecule has 2 aliphatic rings. The summed E-state index contributed by atoms with van der Waals surface area (Å²) in [5.41, 5.74) is -0.474. The van der Waals surface area contributed by atoms with E-state index < -0.39 is 46.8 Å². The predicted molar refractivity (Wildman–Crippen MR) is 154 cm³/mol. The quantitative estimate of drug-likeness (QED) is 0.223. The summed E-state index contributed by atoms with van der Waals surface area (Å²) in [5.74, 6) is -0.633. The zero-order valence-electron chi connectivity index (χ0n) is 23.3. The van der Waals surface area contributed by atoms with Crippen LogP contribution in [-0.4, -0.2) is 67.7 Å². The highest BCUT2D eigenvalue weighted by atomic mass is 35.5. The van der Waals surface area contributed by atoms with Crippen molar-refractivity contribution < 1.29 is 36.7 Å². The molecule has 3 heterocycles. The Morgan fingerprint density at radius 1 is 1.16 bits per heavy atom. The molecule has 2 fully saturated rings. The minimum absolute atomic E-state index is 0.00254. The first kappa shape index (κ1) is 30.9. The zero-order chi connectivity index (χ0) is 31.3. The minimum Gasteiger partial charge on any atom is -0.444 e. The second-order valence-electron chi connectivity index (χ2n) is 11.3. The third-order valence-electron chi connectivity index (χ3n) is 6.98. The van der Waals surface area contributed by atoms with E-state index in [9.17, 15) is 27.6 Å². The van der Waals surface area contributed by atoms with Gasteiger partial charge in [-0.05, 0) is 80.4 Å². The summed E-state index contributed by atoms with van der Waals surface area (Å²) in [4.78, 5) is 40.6. The van der Waals surface area contributed by atoms with Crippen LogP contribution >= 0.6 is 23.4 Å². The summed E-state index contributed by atoms with van der Waals surface area (Å²) >= 11 is 6.48. The van der Waals surface area contributed by atoms with E-state index in [4.69, 9.17) is 16.3 Å². The van der Waals surface area contributed by atoms with Gasteiger partial charge < -0.3 is 9.64 Å². The molecule has 2 aromatic carbocycles. The number of hydrogen-bond acceptors (Lipinski definition) is 6. The van der Waals surface area contributed by atoms with Gasteiger partial charge in [-0.2, -0.15) is 18.3 Å². The SMILES string of the molecule is CC(C)(C)OC(=O)N1CC[C@@H](N2C(=O)S/C(=C\c3ccc4c(cnn4Cc4ccc(Cl)cc4C(F)(F)F)c3)C2=O)[C@H](F)C1. The maximum absolute atomic E-state index is 15.2. The molecule has 0 unspecified atom stereocenters. The molecule has 0 saturated carbocycles. The van der Waals surface area contributed by atoms with Crippen molar-refractivity contribution in [1.82, 2.24) is 19.6 Å². The van der Waals surface area contributed by atoms with E-state index in [1.807, 2.05) is 0 Å². The average Bonchev–Trinajstić information content (AvgIpc) is 3.42. The van der Waals surface area contributed by atoms with Gasteiger partial charge in [-0.3, -0.25) is 19.2 Å². The summed E-state index contributed by atoms with van der Waals surface area (Å²) in [5, 5.41) is 4.21. The molecule has 14 heteroatoms. The van der Waals surface area contributed by atoms with E-state index in [-0.39, 0.29) is 41.5 Å². The molecular weight excluding hydrogens is 612 g/mol. The predicted octanol–water partition coefficient (Wildman–Crippen LogP) is 7.14. The van der Waals surface area contributed by atoms with Crippen LogP contribution in [0.25, 0.3) is 17.0 Å². The first-order valence-electron chi connectivity index (χ1n) is 13.3. The van der Waals surface area contributed by atoms with Crippen molar-refractivity contribution in [3.05, 3.63) is 69.2 Å². The first-order valence-corrected chi connectivity index (χ1v) is 14.5. The average molecular weight is 639 g/mol. The van der Waals surface area contributed by atoms with Gasteiger partial charge in [0, 0.05) is 17.0 Å². The van der Waals surface area contributed by atoms with Gasteiger partial charge in [0.1, 0.15) is 11.8 Å². The van der Waals surface area contributed by atoms with E-state index in [1.165, 1.54) is 34.0 Å². The normalized spacial score (nSPS) is 20.9. The number of imide groups is 1. The van der Waals surface area contributed by atoms with Crippen LogP contribution in [0.4, 0.5) is 27.2 Å². The number of thioether (sulfide) groups is 1. The number of likely N-dealkylation sites (tertiary alicyclic amines) is 1. The molecule has 3 amide bonds. The number of nitrogens with zero attached hydrogens (tertiary/aromatic N) is 4. The highest BCUT2D eigenvalue weighted by Gasteiger charge is 2.46. The summed E-state index contributed by atoms with van der Waals surface area (Å²) in [6.45, 7) is 4.79. The van der Waals surface area contributed by atoms with Crippen molar-refractivity contribution in [2.75, 3.05) is 13.1 Å². The number of alkyl halides is 4. The molecule has 0 radical (unpaired) electrons. The second kappa shape index (κ2) is 11.5. The Kier molecular flexibility index (Phi) is 8.25. The van der Waals surface area contributed by atoms with E-state index in [1.54, 1.807) is 39.0 Å². The molecule has 0 bridgehead atoms. The van der Waals surface area contributed by atoms with Gasteiger partial charge in [0.15, 0.2) is 0 Å². The van der Waals surface area contributed by atoms with Crippen LogP contribution in [0.15, 0.2) is 47.5 Å². The Labute approximate surface area is 253 Å². The molecule has 0 spiro atoms. The molecular formula is C29H27ClF4N4O4S. The van der Waals surface area contributed by atoms with Gasteiger partial charge in [-0.25, -0.2) is 9.18 Å². The monoisotopic (exact) mass is 638 g/mol. The lowest BCUT2D eigenvalue weighted by Gasteiger charge is -2.38. The maximum Gasteiger partial charge on any atom is 0.416 e. The van der Waals surface area contributed by atoms with Crippen molar-refractivity contribution in [1.29, 1.82) is 0 Å². The fourth-order valence-corrected chi connectivity index (χ4v) is 6.08. The summed E-state index contributed by atoms with van der Waals surface area (Å²) in [6, 6.07) is 7.56. The lowest BCUT2D eigenvalue weighted by atomic mass is 10.0. The Morgan fingerprint density at radius 2 is 1.91 bits per heavy atom. The smallest absolute Gasteiger partial charge is 0.416 e. The Hall–Kier alpha value is -3.58. The summed E-state index contributed by atoms with van der Waals surface area (Å²) < 4.78 is 62.6. The van der Waals surface area contributed by atoms with Gasteiger partial charge in [-0.1, -0.05) is 23.7 Å². The van der Waals surface area contributed by atoms with E-state index in [2.05, 4.69) is 5.10 Å². The number of fused-ring (bicyclic) bond motifs is 1. The Morgan fingerprint density at radius 3 is 2.58 bits per heavy atom. The molecule has 8 nitrogen and oxygen atoms in total. The Balaban J connectivity index is 1.31. The molecule has 0 aliphatic carbocycles. The van der Waals surface area contributed by atoms with Crippen LogP contribution in [0.3, 0.4) is 0 Å². The molecule has 228 valence electrons. The highest BCUT2D eigenvalue weighted by Crippen LogP contribution is 2.37. The van der Waals surface area contributed by atoms with Crippen LogP contribution in [0.5, 0.6) is 0 Å². The number of hydrogen-bond donors (Lipinski definition) is 0. The van der Waals surface area contributed by atoms with Crippen LogP contribution in [0.2, 0.25) is 5.02 Å². The number of benzene rings is 2. The summed E-state index contributed by atoms with van der Waals surface area (Å²) in [6.07, 6.45) is -3.82. The molecule has 2 saturated heterocycles. The lowest BCUT2D eigenvalue weighted by Crippen LogP contribution is -2.55. The topological polar surface area (TPSA) is 84.7 Å². The highest BCUT2D eigenvalue weighted by molar-refractivity contribution is 8.18.